The van der Waals surface area contributed by atoms with E-state index in [4.69, 9.17) is 23.8 Å². The molecule has 1 aliphatic heterocycles. The molecule has 24 heavy (non-hydrogen) atoms. The molecule has 1 atom stereocenters. The SMILES string of the molecule is CCC[C@H](C(=O)O)N1C(=O)/C(=C/C(Cl)=C/c2ccccc2)SC1=S. The maximum absolute atomic E-state index is 12.5. The second kappa shape index (κ2) is 8.46. The van der Waals surface area contributed by atoms with Gasteiger partial charge in [0, 0.05) is 5.03 Å². The molecule has 0 spiro atoms. The van der Waals surface area contributed by atoms with Gasteiger partial charge in [-0.25, -0.2) is 4.79 Å². The summed E-state index contributed by atoms with van der Waals surface area (Å²) in [6.45, 7) is 1.86. The zero-order chi connectivity index (χ0) is 17.7. The third-order valence-electron chi connectivity index (χ3n) is 3.36. The van der Waals surface area contributed by atoms with E-state index in [9.17, 15) is 14.7 Å². The molecule has 0 aliphatic carbocycles. The van der Waals surface area contributed by atoms with E-state index in [1.54, 1.807) is 6.08 Å². The van der Waals surface area contributed by atoms with Crippen LogP contribution in [-0.4, -0.2) is 32.2 Å². The maximum atomic E-state index is 12.5. The van der Waals surface area contributed by atoms with E-state index >= 15 is 0 Å². The molecule has 0 saturated carbocycles. The highest BCUT2D eigenvalue weighted by Crippen LogP contribution is 2.35. The number of aliphatic carboxylic acids is 1. The van der Waals surface area contributed by atoms with Crippen LogP contribution < -0.4 is 0 Å². The number of thiocarbonyl (C=S) groups is 1. The van der Waals surface area contributed by atoms with Gasteiger partial charge < -0.3 is 5.11 Å². The van der Waals surface area contributed by atoms with E-state index in [0.717, 1.165) is 17.3 Å². The molecule has 0 radical (unpaired) electrons. The van der Waals surface area contributed by atoms with Crippen molar-refractivity contribution in [2.24, 2.45) is 0 Å². The van der Waals surface area contributed by atoms with Gasteiger partial charge in [0.25, 0.3) is 5.91 Å². The summed E-state index contributed by atoms with van der Waals surface area (Å²) < 4.78 is 0.247. The Kier molecular flexibility index (Phi) is 6.60. The molecule has 1 fully saturated rings. The molecular formula is C17H16ClNO3S2. The monoisotopic (exact) mass is 381 g/mol. The second-order valence-corrected chi connectivity index (χ2v) is 7.25. The standard InChI is InChI=1S/C17H16ClNO3S2/c1-2-6-13(16(21)22)19-15(20)14(24-17(19)23)10-12(18)9-11-7-4-3-5-8-11/h3-5,7-10,13H,2,6H2,1H3,(H,21,22)/b12-9-,14-10-/t13-/m1/s1. The molecular weight excluding hydrogens is 366 g/mol. The van der Waals surface area contributed by atoms with Crippen molar-refractivity contribution in [1.29, 1.82) is 0 Å². The van der Waals surface area contributed by atoms with Gasteiger partial charge in [-0.1, -0.05) is 79.3 Å². The minimum absolute atomic E-state index is 0.247. The third kappa shape index (κ3) is 4.47. The van der Waals surface area contributed by atoms with Gasteiger partial charge in [-0.15, -0.1) is 0 Å². The number of amides is 1. The van der Waals surface area contributed by atoms with Crippen LogP contribution >= 0.6 is 35.6 Å². The van der Waals surface area contributed by atoms with Crippen LogP contribution in [-0.2, 0) is 9.59 Å². The van der Waals surface area contributed by atoms with Gasteiger partial charge in [0.05, 0.1) is 4.91 Å². The smallest absolute Gasteiger partial charge is 0.326 e. The van der Waals surface area contributed by atoms with Gasteiger partial charge in [0.15, 0.2) is 0 Å². The molecule has 1 aliphatic rings. The normalized spacial score (nSPS) is 18.3. The van der Waals surface area contributed by atoms with Crippen molar-refractivity contribution in [2.45, 2.75) is 25.8 Å². The molecule has 1 amide bonds. The Bertz CT molecular complexity index is 716. The fourth-order valence-electron chi connectivity index (χ4n) is 2.26. The molecule has 1 aromatic rings. The highest BCUT2D eigenvalue weighted by atomic mass is 35.5. The van der Waals surface area contributed by atoms with Crippen molar-refractivity contribution < 1.29 is 14.7 Å². The fraction of sp³-hybridized carbons (Fsp3) is 0.235. The van der Waals surface area contributed by atoms with Crippen molar-refractivity contribution in [3.63, 3.8) is 0 Å². The number of hydrogen-bond donors (Lipinski definition) is 1. The number of carbonyl (C=O) groups excluding carboxylic acids is 1. The molecule has 0 bridgehead atoms. The lowest BCUT2D eigenvalue weighted by Crippen LogP contribution is -2.43. The number of nitrogens with zero attached hydrogens (tertiary/aromatic N) is 1. The first kappa shape index (κ1) is 18.7. The minimum Gasteiger partial charge on any atom is -0.480 e. The number of carbonyl (C=O) groups is 2. The van der Waals surface area contributed by atoms with E-state index in [2.05, 4.69) is 0 Å². The van der Waals surface area contributed by atoms with E-state index < -0.39 is 17.9 Å². The fourth-order valence-corrected chi connectivity index (χ4v) is 3.91. The van der Waals surface area contributed by atoms with Crippen molar-refractivity contribution >= 4 is 57.9 Å². The summed E-state index contributed by atoms with van der Waals surface area (Å²) >= 11 is 12.5. The second-order valence-electron chi connectivity index (χ2n) is 5.13. The van der Waals surface area contributed by atoms with Crippen LogP contribution in [0.1, 0.15) is 25.3 Å². The predicted molar refractivity (Wildman–Crippen MR) is 102 cm³/mol. The highest BCUT2D eigenvalue weighted by molar-refractivity contribution is 8.26. The van der Waals surface area contributed by atoms with Crippen LogP contribution in [0.3, 0.4) is 0 Å². The molecule has 1 heterocycles. The van der Waals surface area contributed by atoms with Crippen LogP contribution in [0.4, 0.5) is 0 Å². The molecule has 1 saturated heterocycles. The number of carboxylic acid groups (broad SMARTS) is 1. The lowest BCUT2D eigenvalue weighted by Gasteiger charge is -2.22. The zero-order valence-electron chi connectivity index (χ0n) is 12.9. The number of carboxylic acids is 1. The number of thioether (sulfide) groups is 1. The van der Waals surface area contributed by atoms with Crippen LogP contribution in [0.5, 0.6) is 0 Å². The molecule has 1 N–H and O–H groups in total. The number of allylic oxidation sites excluding steroid dienone is 2. The lowest BCUT2D eigenvalue weighted by molar-refractivity contribution is -0.145. The van der Waals surface area contributed by atoms with Gasteiger partial charge in [0.1, 0.15) is 10.4 Å². The molecule has 0 aromatic heterocycles. The van der Waals surface area contributed by atoms with E-state index in [-0.39, 0.29) is 4.32 Å². The quantitative estimate of drug-likeness (QED) is 0.589. The average Bonchev–Trinajstić information content (AvgIpc) is 2.80. The summed E-state index contributed by atoms with van der Waals surface area (Å²) in [6, 6.07) is 8.52. The molecule has 1 aromatic carbocycles. The Balaban J connectivity index is 2.24. The van der Waals surface area contributed by atoms with Crippen molar-refractivity contribution in [3.8, 4) is 0 Å². The first-order valence-electron chi connectivity index (χ1n) is 7.36. The molecule has 0 unspecified atom stereocenters. The first-order chi connectivity index (χ1) is 11.4. The summed E-state index contributed by atoms with van der Waals surface area (Å²) in [6.07, 6.45) is 4.25. The van der Waals surface area contributed by atoms with Gasteiger partial charge in [-0.05, 0) is 24.1 Å². The zero-order valence-corrected chi connectivity index (χ0v) is 15.3. The maximum Gasteiger partial charge on any atom is 0.326 e. The Morgan fingerprint density at radius 1 is 1.42 bits per heavy atom. The molecule has 126 valence electrons. The van der Waals surface area contributed by atoms with Crippen LogP contribution in [0.2, 0.25) is 0 Å². The van der Waals surface area contributed by atoms with E-state index in [1.165, 1.54) is 11.0 Å². The summed E-state index contributed by atoms with van der Waals surface area (Å²) in [5, 5.41) is 9.72. The number of rotatable bonds is 6. The van der Waals surface area contributed by atoms with Gasteiger partial charge in [-0.3, -0.25) is 9.69 Å². The number of benzene rings is 1. The van der Waals surface area contributed by atoms with Gasteiger partial charge in [-0.2, -0.15) is 0 Å². The average molecular weight is 382 g/mol. The Morgan fingerprint density at radius 2 is 2.08 bits per heavy atom. The number of hydrogen-bond acceptors (Lipinski definition) is 4. The van der Waals surface area contributed by atoms with Crippen LogP contribution in [0.25, 0.3) is 6.08 Å². The molecule has 4 nitrogen and oxygen atoms in total. The first-order valence-corrected chi connectivity index (χ1v) is 8.96. The van der Waals surface area contributed by atoms with Crippen LogP contribution in [0, 0.1) is 0 Å². The summed E-state index contributed by atoms with van der Waals surface area (Å²) in [7, 11) is 0. The molecule has 2 rings (SSSR count). The van der Waals surface area contributed by atoms with Crippen molar-refractivity contribution in [1.82, 2.24) is 4.90 Å². The predicted octanol–water partition coefficient (Wildman–Crippen LogP) is 4.26. The van der Waals surface area contributed by atoms with Gasteiger partial charge >= 0.3 is 5.97 Å². The lowest BCUT2D eigenvalue weighted by atomic mass is 10.1. The Hall–Kier alpha value is -1.63. The van der Waals surface area contributed by atoms with Gasteiger partial charge in [0.2, 0.25) is 0 Å². The van der Waals surface area contributed by atoms with Crippen LogP contribution in [0.15, 0.2) is 46.3 Å². The minimum atomic E-state index is -1.06. The van der Waals surface area contributed by atoms with E-state index in [0.29, 0.717) is 22.8 Å². The third-order valence-corrected chi connectivity index (χ3v) is 4.90. The Labute approximate surface area is 155 Å². The largest absolute Gasteiger partial charge is 0.480 e. The summed E-state index contributed by atoms with van der Waals surface area (Å²) in [5.41, 5.74) is 0.906. The van der Waals surface area contributed by atoms with Crippen molar-refractivity contribution in [2.75, 3.05) is 0 Å². The topological polar surface area (TPSA) is 57.6 Å². The summed E-state index contributed by atoms with van der Waals surface area (Å²) in [5.74, 6) is -1.47. The summed E-state index contributed by atoms with van der Waals surface area (Å²) in [4.78, 5) is 25.4. The number of halogens is 1. The van der Waals surface area contributed by atoms with Crippen molar-refractivity contribution in [3.05, 3.63) is 51.9 Å². The molecule has 7 heteroatoms. The highest BCUT2D eigenvalue weighted by Gasteiger charge is 2.39. The van der Waals surface area contributed by atoms with E-state index in [1.807, 2.05) is 37.3 Å². The Morgan fingerprint density at radius 3 is 2.67 bits per heavy atom.